The third kappa shape index (κ3) is 2.63. The van der Waals surface area contributed by atoms with Crippen LogP contribution in [0, 0.1) is 19.7 Å². The molecule has 0 saturated carbocycles. The number of esters is 1. The van der Waals surface area contributed by atoms with E-state index in [2.05, 4.69) is 11.6 Å². The van der Waals surface area contributed by atoms with Crippen LogP contribution >= 0.6 is 0 Å². The Bertz CT molecular complexity index is 940. The van der Waals surface area contributed by atoms with Gasteiger partial charge in [0.05, 0.1) is 18.2 Å². The molecule has 25 heavy (non-hydrogen) atoms. The normalized spacial score (nSPS) is 13.9. The number of ether oxygens (including phenoxy) is 1. The highest BCUT2D eigenvalue weighted by Crippen LogP contribution is 2.36. The minimum absolute atomic E-state index is 0.160. The molecule has 5 nitrogen and oxygen atoms in total. The van der Waals surface area contributed by atoms with Gasteiger partial charge in [0.2, 0.25) is 5.91 Å². The van der Waals surface area contributed by atoms with Gasteiger partial charge in [-0.25, -0.2) is 9.18 Å². The standard InChI is InChI=1S/C19H19FN2O3/c1-5-15(23)22-7-6-12(9-22)17-14(20)8-13(19(24)25-4)18-16(17)10(2)11(3)21-18/h5-6,8,21H,1,7,9H2,2-4H3. The van der Waals surface area contributed by atoms with Crippen LogP contribution in [-0.4, -0.2) is 42.0 Å². The summed E-state index contributed by atoms with van der Waals surface area (Å²) in [6.45, 7) is 7.94. The van der Waals surface area contributed by atoms with Gasteiger partial charge in [-0.05, 0) is 37.1 Å². The lowest BCUT2D eigenvalue weighted by Crippen LogP contribution is -2.26. The van der Waals surface area contributed by atoms with Gasteiger partial charge >= 0.3 is 5.97 Å². The number of nitrogens with zero attached hydrogens (tertiary/aromatic N) is 1. The van der Waals surface area contributed by atoms with Crippen LogP contribution in [0.3, 0.4) is 0 Å². The van der Waals surface area contributed by atoms with Crippen LogP contribution in [0.4, 0.5) is 4.39 Å². The molecule has 1 aliphatic rings. The first-order valence-corrected chi connectivity index (χ1v) is 7.89. The first-order chi connectivity index (χ1) is 11.9. The fraction of sp³-hybridized carbons (Fsp3) is 0.263. The summed E-state index contributed by atoms with van der Waals surface area (Å²) in [6, 6.07) is 1.19. The van der Waals surface area contributed by atoms with Gasteiger partial charge in [0.1, 0.15) is 5.82 Å². The van der Waals surface area contributed by atoms with Crippen molar-refractivity contribution in [2.45, 2.75) is 13.8 Å². The van der Waals surface area contributed by atoms with Crippen molar-refractivity contribution in [3.63, 3.8) is 0 Å². The molecule has 1 N–H and O–H groups in total. The van der Waals surface area contributed by atoms with E-state index >= 15 is 0 Å². The molecule has 0 bridgehead atoms. The van der Waals surface area contributed by atoms with Crippen LogP contribution in [0.1, 0.15) is 27.2 Å². The van der Waals surface area contributed by atoms with Crippen molar-refractivity contribution in [1.82, 2.24) is 9.88 Å². The van der Waals surface area contributed by atoms with E-state index in [1.165, 1.54) is 19.3 Å². The average Bonchev–Trinajstić information content (AvgIpc) is 3.19. The van der Waals surface area contributed by atoms with Crippen molar-refractivity contribution in [3.8, 4) is 0 Å². The SMILES string of the molecule is C=CC(=O)N1CC=C(c2c(F)cc(C(=O)OC)c3[nH]c(C)c(C)c23)C1. The Balaban J connectivity index is 2.20. The van der Waals surface area contributed by atoms with E-state index in [4.69, 9.17) is 4.74 Å². The number of hydrogen-bond acceptors (Lipinski definition) is 3. The molecule has 2 heterocycles. The number of amides is 1. The zero-order valence-corrected chi connectivity index (χ0v) is 14.4. The van der Waals surface area contributed by atoms with E-state index in [1.807, 2.05) is 19.9 Å². The van der Waals surface area contributed by atoms with Gasteiger partial charge in [0.25, 0.3) is 0 Å². The van der Waals surface area contributed by atoms with Crippen molar-refractivity contribution in [1.29, 1.82) is 0 Å². The fourth-order valence-electron chi connectivity index (χ4n) is 3.24. The first-order valence-electron chi connectivity index (χ1n) is 7.89. The van der Waals surface area contributed by atoms with Crippen molar-refractivity contribution in [2.75, 3.05) is 20.2 Å². The highest BCUT2D eigenvalue weighted by molar-refractivity contribution is 6.08. The minimum Gasteiger partial charge on any atom is -0.465 e. The molecule has 2 aromatic rings. The zero-order valence-electron chi connectivity index (χ0n) is 14.4. The van der Waals surface area contributed by atoms with E-state index in [-0.39, 0.29) is 11.5 Å². The van der Waals surface area contributed by atoms with E-state index in [0.29, 0.717) is 29.6 Å². The molecule has 3 rings (SSSR count). The second-order valence-electron chi connectivity index (χ2n) is 6.05. The van der Waals surface area contributed by atoms with Gasteiger partial charge in [-0.2, -0.15) is 0 Å². The molecule has 0 saturated heterocycles. The Hall–Kier alpha value is -2.89. The summed E-state index contributed by atoms with van der Waals surface area (Å²) < 4.78 is 19.7. The van der Waals surface area contributed by atoms with Crippen LogP contribution in [0.15, 0.2) is 24.8 Å². The van der Waals surface area contributed by atoms with Gasteiger partial charge in [-0.15, -0.1) is 0 Å². The summed E-state index contributed by atoms with van der Waals surface area (Å²) in [5, 5.41) is 0.650. The molecule has 0 radical (unpaired) electrons. The van der Waals surface area contributed by atoms with Crippen LogP contribution in [0.5, 0.6) is 0 Å². The molecule has 1 aliphatic heterocycles. The van der Waals surface area contributed by atoms with Gasteiger partial charge in [0.15, 0.2) is 0 Å². The molecule has 1 aromatic carbocycles. The lowest BCUT2D eigenvalue weighted by atomic mass is 9.96. The number of aromatic amines is 1. The Morgan fingerprint density at radius 2 is 2.12 bits per heavy atom. The van der Waals surface area contributed by atoms with Crippen LogP contribution < -0.4 is 0 Å². The highest BCUT2D eigenvalue weighted by atomic mass is 19.1. The number of benzene rings is 1. The molecule has 0 aliphatic carbocycles. The number of nitrogens with one attached hydrogen (secondary N) is 1. The van der Waals surface area contributed by atoms with Crippen LogP contribution in [-0.2, 0) is 9.53 Å². The Labute approximate surface area is 144 Å². The maximum absolute atomic E-state index is 14.9. The van der Waals surface area contributed by atoms with Crippen molar-refractivity contribution in [3.05, 3.63) is 53.0 Å². The van der Waals surface area contributed by atoms with Crippen molar-refractivity contribution in [2.24, 2.45) is 0 Å². The number of aromatic nitrogens is 1. The molecule has 0 spiro atoms. The predicted octanol–water partition coefficient (Wildman–Crippen LogP) is 3.12. The zero-order chi connectivity index (χ0) is 18.3. The van der Waals surface area contributed by atoms with E-state index in [1.54, 1.807) is 4.90 Å². The maximum atomic E-state index is 14.9. The number of carbonyl (C=O) groups is 2. The molecule has 130 valence electrons. The monoisotopic (exact) mass is 342 g/mol. The number of fused-ring (bicyclic) bond motifs is 1. The quantitative estimate of drug-likeness (QED) is 0.689. The molecule has 1 amide bonds. The second kappa shape index (κ2) is 6.20. The fourth-order valence-corrected chi connectivity index (χ4v) is 3.24. The molecular weight excluding hydrogens is 323 g/mol. The summed E-state index contributed by atoms with van der Waals surface area (Å²) in [4.78, 5) is 28.6. The third-order valence-corrected chi connectivity index (χ3v) is 4.66. The topological polar surface area (TPSA) is 62.4 Å². The van der Waals surface area contributed by atoms with Crippen molar-refractivity contribution >= 4 is 28.4 Å². The summed E-state index contributed by atoms with van der Waals surface area (Å²) in [5.74, 6) is -1.30. The van der Waals surface area contributed by atoms with Gasteiger partial charge in [0, 0.05) is 29.7 Å². The van der Waals surface area contributed by atoms with E-state index < -0.39 is 11.8 Å². The number of H-pyrrole nitrogens is 1. The molecule has 0 atom stereocenters. The lowest BCUT2D eigenvalue weighted by Gasteiger charge is -2.15. The predicted molar refractivity (Wildman–Crippen MR) is 93.8 cm³/mol. The smallest absolute Gasteiger partial charge is 0.340 e. The number of halogens is 1. The van der Waals surface area contributed by atoms with Gasteiger partial charge in [-0.3, -0.25) is 4.79 Å². The third-order valence-electron chi connectivity index (χ3n) is 4.66. The Morgan fingerprint density at radius 3 is 2.76 bits per heavy atom. The number of methoxy groups -OCH3 is 1. The summed E-state index contributed by atoms with van der Waals surface area (Å²) in [7, 11) is 1.26. The summed E-state index contributed by atoms with van der Waals surface area (Å²) in [5.41, 5.74) is 3.56. The maximum Gasteiger partial charge on any atom is 0.340 e. The average molecular weight is 342 g/mol. The number of carbonyl (C=O) groups excluding carboxylic acids is 2. The van der Waals surface area contributed by atoms with Crippen LogP contribution in [0.2, 0.25) is 0 Å². The number of hydrogen-bond donors (Lipinski definition) is 1. The Kier molecular flexibility index (Phi) is 4.20. The minimum atomic E-state index is -0.597. The largest absolute Gasteiger partial charge is 0.465 e. The summed E-state index contributed by atoms with van der Waals surface area (Å²) >= 11 is 0. The lowest BCUT2D eigenvalue weighted by molar-refractivity contribution is -0.124. The van der Waals surface area contributed by atoms with Crippen molar-refractivity contribution < 1.29 is 18.7 Å². The second-order valence-corrected chi connectivity index (χ2v) is 6.05. The molecule has 0 fully saturated rings. The highest BCUT2D eigenvalue weighted by Gasteiger charge is 2.27. The molecular formula is C19H19FN2O3. The number of aryl methyl sites for hydroxylation is 2. The van der Waals surface area contributed by atoms with Crippen LogP contribution in [0.25, 0.3) is 16.5 Å². The van der Waals surface area contributed by atoms with E-state index in [9.17, 15) is 14.0 Å². The molecule has 6 heteroatoms. The molecule has 1 aromatic heterocycles. The van der Waals surface area contributed by atoms with E-state index in [0.717, 1.165) is 16.8 Å². The molecule has 0 unspecified atom stereocenters. The first kappa shape index (κ1) is 17.0. The number of rotatable bonds is 3. The Morgan fingerprint density at radius 1 is 1.40 bits per heavy atom. The van der Waals surface area contributed by atoms with Gasteiger partial charge in [-0.1, -0.05) is 12.7 Å². The summed E-state index contributed by atoms with van der Waals surface area (Å²) in [6.07, 6.45) is 3.08. The van der Waals surface area contributed by atoms with Gasteiger partial charge < -0.3 is 14.6 Å².